The van der Waals surface area contributed by atoms with E-state index < -0.39 is 10.0 Å². The van der Waals surface area contributed by atoms with Crippen LogP contribution in [-0.4, -0.2) is 27.2 Å². The highest BCUT2D eigenvalue weighted by Crippen LogP contribution is 2.28. The van der Waals surface area contributed by atoms with E-state index >= 15 is 0 Å². The lowest BCUT2D eigenvalue weighted by Gasteiger charge is -2.15. The van der Waals surface area contributed by atoms with Crippen molar-refractivity contribution in [2.24, 2.45) is 0 Å². The molecule has 4 nitrogen and oxygen atoms in total. The van der Waals surface area contributed by atoms with Gasteiger partial charge in [-0.05, 0) is 40.7 Å². The van der Waals surface area contributed by atoms with E-state index in [1.54, 1.807) is 11.4 Å². The van der Waals surface area contributed by atoms with Crippen molar-refractivity contribution in [2.45, 2.75) is 29.7 Å². The van der Waals surface area contributed by atoms with Gasteiger partial charge in [-0.3, -0.25) is 0 Å². The summed E-state index contributed by atoms with van der Waals surface area (Å²) in [5.74, 6) is 0. The van der Waals surface area contributed by atoms with Crippen LogP contribution in [0.5, 0.6) is 0 Å². The van der Waals surface area contributed by atoms with E-state index in [-0.39, 0.29) is 12.1 Å². The molecule has 1 aliphatic rings. The van der Waals surface area contributed by atoms with E-state index in [9.17, 15) is 8.42 Å². The first-order valence-corrected chi connectivity index (χ1v) is 8.03. The number of ether oxygens (including phenoxy) is 1. The third-order valence-electron chi connectivity index (χ3n) is 2.51. The summed E-state index contributed by atoms with van der Waals surface area (Å²) >= 11 is 4.43. The maximum atomic E-state index is 12.0. The van der Waals surface area contributed by atoms with Crippen molar-refractivity contribution in [3.63, 3.8) is 0 Å². The van der Waals surface area contributed by atoms with Crippen molar-refractivity contribution in [3.05, 3.63) is 15.9 Å². The normalized spacial score (nSPS) is 26.1. The van der Waals surface area contributed by atoms with Gasteiger partial charge in [0.25, 0.3) is 10.0 Å². The van der Waals surface area contributed by atoms with Crippen molar-refractivity contribution < 1.29 is 13.2 Å². The van der Waals surface area contributed by atoms with Crippen molar-refractivity contribution in [3.8, 4) is 0 Å². The fourth-order valence-corrected chi connectivity index (χ4v) is 5.30. The van der Waals surface area contributed by atoms with Crippen LogP contribution in [0.1, 0.15) is 13.3 Å². The van der Waals surface area contributed by atoms with Gasteiger partial charge in [-0.1, -0.05) is 0 Å². The Morgan fingerprint density at radius 3 is 2.88 bits per heavy atom. The van der Waals surface area contributed by atoms with Crippen LogP contribution in [0.4, 0.5) is 0 Å². The first kappa shape index (κ1) is 12.5. The Morgan fingerprint density at radius 2 is 2.38 bits per heavy atom. The largest absolute Gasteiger partial charge is 0.377 e. The molecule has 0 spiro atoms. The van der Waals surface area contributed by atoms with Crippen LogP contribution >= 0.6 is 27.3 Å². The number of rotatable bonds is 3. The Kier molecular flexibility index (Phi) is 3.70. The third kappa shape index (κ3) is 2.48. The van der Waals surface area contributed by atoms with Crippen LogP contribution in [0.15, 0.2) is 20.1 Å². The van der Waals surface area contributed by atoms with Crippen molar-refractivity contribution in [1.82, 2.24) is 4.72 Å². The van der Waals surface area contributed by atoms with E-state index in [0.717, 1.165) is 6.42 Å². The van der Waals surface area contributed by atoms with Gasteiger partial charge in [-0.25, -0.2) is 13.1 Å². The molecule has 0 radical (unpaired) electrons. The van der Waals surface area contributed by atoms with Gasteiger partial charge in [0.1, 0.15) is 4.21 Å². The van der Waals surface area contributed by atoms with Gasteiger partial charge in [0.2, 0.25) is 0 Å². The smallest absolute Gasteiger partial charge is 0.251 e. The van der Waals surface area contributed by atoms with Gasteiger partial charge in [-0.15, -0.1) is 11.3 Å². The second-order valence-corrected chi connectivity index (χ2v) is 7.33. The molecule has 1 fully saturated rings. The SMILES string of the molecule is CC1OCCC1NS(=O)(=O)c1sccc1Br. The van der Waals surface area contributed by atoms with Gasteiger partial charge in [-0.2, -0.15) is 0 Å². The lowest BCUT2D eigenvalue weighted by atomic mass is 10.2. The predicted octanol–water partition coefficient (Wildman–Crippen LogP) is 1.97. The quantitative estimate of drug-likeness (QED) is 0.924. The zero-order chi connectivity index (χ0) is 11.8. The van der Waals surface area contributed by atoms with E-state index in [0.29, 0.717) is 15.3 Å². The van der Waals surface area contributed by atoms with Gasteiger partial charge in [0.15, 0.2) is 0 Å². The molecule has 90 valence electrons. The first-order chi connectivity index (χ1) is 7.50. The minimum absolute atomic E-state index is 0.0616. The fraction of sp³-hybridized carbons (Fsp3) is 0.556. The van der Waals surface area contributed by atoms with E-state index in [1.165, 1.54) is 11.3 Å². The summed E-state index contributed by atoms with van der Waals surface area (Å²) < 4.78 is 33.0. The molecule has 1 aliphatic heterocycles. The molecule has 0 saturated carbocycles. The fourth-order valence-electron chi connectivity index (χ4n) is 1.61. The molecule has 0 bridgehead atoms. The number of sulfonamides is 1. The van der Waals surface area contributed by atoms with Crippen molar-refractivity contribution in [1.29, 1.82) is 0 Å². The van der Waals surface area contributed by atoms with E-state index in [2.05, 4.69) is 20.7 Å². The summed E-state index contributed by atoms with van der Waals surface area (Å²) in [4.78, 5) is 0. The van der Waals surface area contributed by atoms with Crippen LogP contribution in [-0.2, 0) is 14.8 Å². The Morgan fingerprint density at radius 1 is 1.62 bits per heavy atom. The third-order valence-corrected chi connectivity index (χ3v) is 6.67. The molecule has 1 saturated heterocycles. The van der Waals surface area contributed by atoms with E-state index in [1.807, 2.05) is 6.92 Å². The summed E-state index contributed by atoms with van der Waals surface area (Å²) in [5, 5.41) is 1.74. The molecule has 2 heterocycles. The lowest BCUT2D eigenvalue weighted by molar-refractivity contribution is 0.117. The molecule has 0 aromatic carbocycles. The lowest BCUT2D eigenvalue weighted by Crippen LogP contribution is -2.38. The summed E-state index contributed by atoms with van der Waals surface area (Å²) in [5.41, 5.74) is 0. The number of halogens is 1. The molecule has 1 aromatic rings. The molecule has 2 rings (SSSR count). The highest BCUT2D eigenvalue weighted by atomic mass is 79.9. The second-order valence-electron chi connectivity index (χ2n) is 3.65. The zero-order valence-corrected chi connectivity index (χ0v) is 11.9. The van der Waals surface area contributed by atoms with E-state index in [4.69, 9.17) is 4.74 Å². The molecule has 2 atom stereocenters. The minimum Gasteiger partial charge on any atom is -0.377 e. The van der Waals surface area contributed by atoms with Crippen molar-refractivity contribution >= 4 is 37.3 Å². The van der Waals surface area contributed by atoms with Crippen LogP contribution in [0, 0.1) is 0 Å². The average molecular weight is 326 g/mol. The monoisotopic (exact) mass is 325 g/mol. The molecule has 1 N–H and O–H groups in total. The maximum Gasteiger partial charge on any atom is 0.251 e. The highest BCUT2D eigenvalue weighted by Gasteiger charge is 2.30. The highest BCUT2D eigenvalue weighted by molar-refractivity contribution is 9.10. The number of hydrogen-bond acceptors (Lipinski definition) is 4. The first-order valence-electron chi connectivity index (χ1n) is 4.87. The Balaban J connectivity index is 2.18. The predicted molar refractivity (Wildman–Crippen MR) is 66.2 cm³/mol. The minimum atomic E-state index is -3.42. The van der Waals surface area contributed by atoms with Crippen LogP contribution in [0.2, 0.25) is 0 Å². The second kappa shape index (κ2) is 4.73. The number of nitrogens with one attached hydrogen (secondary N) is 1. The average Bonchev–Trinajstić information content (AvgIpc) is 2.76. The molecular formula is C9H12BrNO3S2. The number of hydrogen-bond donors (Lipinski definition) is 1. The molecule has 16 heavy (non-hydrogen) atoms. The summed E-state index contributed by atoms with van der Waals surface area (Å²) in [7, 11) is -3.42. The molecule has 7 heteroatoms. The Labute approximate surface area is 107 Å². The van der Waals surface area contributed by atoms with Crippen LogP contribution < -0.4 is 4.72 Å². The maximum absolute atomic E-state index is 12.0. The molecule has 0 amide bonds. The Hall–Kier alpha value is 0.0500. The summed E-state index contributed by atoms with van der Waals surface area (Å²) in [6, 6.07) is 1.60. The molecule has 2 unspecified atom stereocenters. The summed E-state index contributed by atoms with van der Waals surface area (Å²) in [6.07, 6.45) is 0.664. The molecular weight excluding hydrogens is 314 g/mol. The molecule has 0 aliphatic carbocycles. The standard InChI is InChI=1S/C9H12BrNO3S2/c1-6-8(2-4-14-6)11-16(12,13)9-7(10)3-5-15-9/h3,5-6,8,11H,2,4H2,1H3. The van der Waals surface area contributed by atoms with Gasteiger partial charge in [0.05, 0.1) is 12.1 Å². The Bertz CT molecular complexity index is 471. The van der Waals surface area contributed by atoms with Crippen molar-refractivity contribution in [2.75, 3.05) is 6.61 Å². The van der Waals surface area contributed by atoms with Gasteiger partial charge < -0.3 is 4.74 Å². The van der Waals surface area contributed by atoms with Crippen LogP contribution in [0.3, 0.4) is 0 Å². The molecule has 1 aromatic heterocycles. The zero-order valence-electron chi connectivity index (χ0n) is 8.64. The van der Waals surface area contributed by atoms with Gasteiger partial charge >= 0.3 is 0 Å². The summed E-state index contributed by atoms with van der Waals surface area (Å²) in [6.45, 7) is 2.49. The van der Waals surface area contributed by atoms with Crippen LogP contribution in [0.25, 0.3) is 0 Å². The van der Waals surface area contributed by atoms with Gasteiger partial charge in [0, 0.05) is 11.1 Å². The number of thiophene rings is 1. The topological polar surface area (TPSA) is 55.4 Å².